The quantitative estimate of drug-likeness (QED) is 0.746. The fraction of sp³-hybridized carbons (Fsp3) is 1.00. The molecule has 1 aliphatic heterocycles. The largest absolute Gasteiger partial charge is 0.393 e. The van der Waals surface area contributed by atoms with Crippen LogP contribution in [-0.4, -0.2) is 49.0 Å². The van der Waals surface area contributed by atoms with Crippen molar-refractivity contribution in [1.82, 2.24) is 4.90 Å². The summed E-state index contributed by atoms with van der Waals surface area (Å²) in [5, 5.41) is 9.20. The van der Waals surface area contributed by atoms with Crippen molar-refractivity contribution in [2.75, 3.05) is 26.7 Å². The molecule has 0 bridgehead atoms. The maximum atomic E-state index is 9.20. The maximum Gasteiger partial charge on any atom is 0.0588 e. The minimum Gasteiger partial charge on any atom is -0.393 e. The highest BCUT2D eigenvalue weighted by atomic mass is 16.5. The summed E-state index contributed by atoms with van der Waals surface area (Å²) in [4.78, 5) is 2.39. The molecule has 15 heavy (non-hydrogen) atoms. The smallest absolute Gasteiger partial charge is 0.0588 e. The predicted molar refractivity (Wildman–Crippen MR) is 59.8 cm³/mol. The second-order valence-electron chi connectivity index (χ2n) is 5.18. The SMILES string of the molecule is CN(CCC1CCCO1)CC1CC(O)C1. The first-order chi connectivity index (χ1) is 7.24. The molecule has 1 heterocycles. The number of nitrogens with zero attached hydrogens (tertiary/aromatic N) is 1. The molecule has 1 unspecified atom stereocenters. The van der Waals surface area contributed by atoms with E-state index in [1.807, 2.05) is 0 Å². The topological polar surface area (TPSA) is 32.7 Å². The molecule has 88 valence electrons. The second-order valence-corrected chi connectivity index (χ2v) is 5.18. The van der Waals surface area contributed by atoms with Crippen molar-refractivity contribution in [1.29, 1.82) is 0 Å². The van der Waals surface area contributed by atoms with E-state index in [9.17, 15) is 5.11 Å². The zero-order valence-corrected chi connectivity index (χ0v) is 9.69. The number of aliphatic hydroxyl groups is 1. The fourth-order valence-corrected chi connectivity index (χ4v) is 2.62. The molecule has 0 amide bonds. The maximum absolute atomic E-state index is 9.20. The van der Waals surface area contributed by atoms with Crippen LogP contribution in [0, 0.1) is 5.92 Å². The first-order valence-corrected chi connectivity index (χ1v) is 6.22. The van der Waals surface area contributed by atoms with Crippen molar-refractivity contribution in [2.24, 2.45) is 5.92 Å². The molecule has 0 spiro atoms. The second kappa shape index (κ2) is 5.28. The van der Waals surface area contributed by atoms with Gasteiger partial charge in [-0.15, -0.1) is 0 Å². The predicted octanol–water partition coefficient (Wildman–Crippen LogP) is 1.26. The molecule has 3 heteroatoms. The minimum atomic E-state index is -0.0124. The molecular weight excluding hydrogens is 190 g/mol. The monoisotopic (exact) mass is 213 g/mol. The highest BCUT2D eigenvalue weighted by Gasteiger charge is 2.28. The molecule has 1 saturated carbocycles. The van der Waals surface area contributed by atoms with E-state index >= 15 is 0 Å². The van der Waals surface area contributed by atoms with Crippen LogP contribution >= 0.6 is 0 Å². The van der Waals surface area contributed by atoms with Crippen LogP contribution in [0.15, 0.2) is 0 Å². The van der Waals surface area contributed by atoms with E-state index < -0.39 is 0 Å². The summed E-state index contributed by atoms with van der Waals surface area (Å²) in [6.07, 6.45) is 6.17. The summed E-state index contributed by atoms with van der Waals surface area (Å²) < 4.78 is 5.60. The van der Waals surface area contributed by atoms with E-state index in [1.165, 1.54) is 19.3 Å². The molecule has 1 N–H and O–H groups in total. The molecule has 0 aromatic rings. The van der Waals surface area contributed by atoms with Crippen LogP contribution in [0.4, 0.5) is 0 Å². The third kappa shape index (κ3) is 3.44. The van der Waals surface area contributed by atoms with E-state index in [2.05, 4.69) is 11.9 Å². The fourth-order valence-electron chi connectivity index (χ4n) is 2.62. The van der Waals surface area contributed by atoms with Crippen molar-refractivity contribution in [3.63, 3.8) is 0 Å². The standard InChI is InChI=1S/C12H23NO2/c1-13(9-10-7-11(14)8-10)5-4-12-3-2-6-15-12/h10-12,14H,2-9H2,1H3. The van der Waals surface area contributed by atoms with E-state index in [-0.39, 0.29) is 6.10 Å². The molecule has 1 saturated heterocycles. The summed E-state index contributed by atoms with van der Waals surface area (Å²) >= 11 is 0. The van der Waals surface area contributed by atoms with Gasteiger partial charge in [0.05, 0.1) is 12.2 Å². The van der Waals surface area contributed by atoms with Crippen LogP contribution in [0.25, 0.3) is 0 Å². The average molecular weight is 213 g/mol. The molecule has 1 aliphatic carbocycles. The van der Waals surface area contributed by atoms with E-state index in [1.54, 1.807) is 0 Å². The highest BCUT2D eigenvalue weighted by molar-refractivity contribution is 4.80. The summed E-state index contributed by atoms with van der Waals surface area (Å²) in [6.45, 7) is 3.24. The van der Waals surface area contributed by atoms with Crippen LogP contribution in [-0.2, 0) is 4.74 Å². The Labute approximate surface area is 92.4 Å². The lowest BCUT2D eigenvalue weighted by Gasteiger charge is -2.34. The van der Waals surface area contributed by atoms with Crippen LogP contribution in [0.1, 0.15) is 32.1 Å². The normalized spacial score (nSPS) is 35.8. The average Bonchev–Trinajstić information content (AvgIpc) is 2.65. The Bertz CT molecular complexity index is 186. The third-order valence-corrected chi connectivity index (χ3v) is 3.64. The molecule has 0 radical (unpaired) electrons. The lowest BCUT2D eigenvalue weighted by atomic mass is 9.82. The number of ether oxygens (including phenoxy) is 1. The van der Waals surface area contributed by atoms with Gasteiger partial charge >= 0.3 is 0 Å². The Morgan fingerprint density at radius 1 is 1.40 bits per heavy atom. The van der Waals surface area contributed by atoms with Crippen LogP contribution < -0.4 is 0 Å². The number of rotatable bonds is 5. The molecular formula is C12H23NO2. The van der Waals surface area contributed by atoms with Crippen molar-refractivity contribution in [3.8, 4) is 0 Å². The molecule has 0 aromatic heterocycles. The Balaban J connectivity index is 1.54. The van der Waals surface area contributed by atoms with E-state index in [0.717, 1.165) is 38.5 Å². The summed E-state index contributed by atoms with van der Waals surface area (Å²) in [5.41, 5.74) is 0. The molecule has 1 atom stereocenters. The Morgan fingerprint density at radius 3 is 2.80 bits per heavy atom. The molecule has 3 nitrogen and oxygen atoms in total. The number of aliphatic hydroxyl groups excluding tert-OH is 1. The third-order valence-electron chi connectivity index (χ3n) is 3.64. The Morgan fingerprint density at radius 2 is 2.20 bits per heavy atom. The number of hydrogen-bond acceptors (Lipinski definition) is 3. The van der Waals surface area contributed by atoms with Gasteiger partial charge in [0.2, 0.25) is 0 Å². The van der Waals surface area contributed by atoms with Gasteiger partial charge in [-0.2, -0.15) is 0 Å². The van der Waals surface area contributed by atoms with Crippen LogP contribution in [0.5, 0.6) is 0 Å². The molecule has 2 aliphatic rings. The van der Waals surface area contributed by atoms with Gasteiger partial charge in [0.15, 0.2) is 0 Å². The Hall–Kier alpha value is -0.120. The molecule has 2 fully saturated rings. The van der Waals surface area contributed by atoms with E-state index in [0.29, 0.717) is 6.10 Å². The Kier molecular flexibility index (Phi) is 4.00. The zero-order chi connectivity index (χ0) is 10.7. The van der Waals surface area contributed by atoms with Crippen molar-refractivity contribution in [2.45, 2.75) is 44.3 Å². The summed E-state index contributed by atoms with van der Waals surface area (Å²) in [5.74, 6) is 0.731. The summed E-state index contributed by atoms with van der Waals surface area (Å²) in [7, 11) is 2.18. The first kappa shape index (κ1) is 11.4. The van der Waals surface area contributed by atoms with Gasteiger partial charge < -0.3 is 14.7 Å². The lowest BCUT2D eigenvalue weighted by molar-refractivity contribution is 0.0252. The van der Waals surface area contributed by atoms with Gasteiger partial charge in [-0.25, -0.2) is 0 Å². The minimum absolute atomic E-state index is 0.0124. The number of hydrogen-bond donors (Lipinski definition) is 1. The highest BCUT2D eigenvalue weighted by Crippen LogP contribution is 2.27. The van der Waals surface area contributed by atoms with Crippen molar-refractivity contribution in [3.05, 3.63) is 0 Å². The van der Waals surface area contributed by atoms with Crippen LogP contribution in [0.3, 0.4) is 0 Å². The molecule has 0 aromatic carbocycles. The van der Waals surface area contributed by atoms with Gasteiger partial charge in [0.1, 0.15) is 0 Å². The van der Waals surface area contributed by atoms with Gasteiger partial charge in [-0.1, -0.05) is 0 Å². The first-order valence-electron chi connectivity index (χ1n) is 6.22. The van der Waals surface area contributed by atoms with Crippen LogP contribution in [0.2, 0.25) is 0 Å². The van der Waals surface area contributed by atoms with Gasteiger partial charge in [0, 0.05) is 19.7 Å². The van der Waals surface area contributed by atoms with Gasteiger partial charge in [0.25, 0.3) is 0 Å². The summed E-state index contributed by atoms with van der Waals surface area (Å²) in [6, 6.07) is 0. The van der Waals surface area contributed by atoms with E-state index in [4.69, 9.17) is 4.74 Å². The van der Waals surface area contributed by atoms with Gasteiger partial charge in [-0.05, 0) is 45.1 Å². The van der Waals surface area contributed by atoms with Gasteiger partial charge in [-0.3, -0.25) is 0 Å². The lowest BCUT2D eigenvalue weighted by Crippen LogP contribution is -2.37. The zero-order valence-electron chi connectivity index (χ0n) is 9.69. The molecule has 2 rings (SSSR count). The van der Waals surface area contributed by atoms with Crippen molar-refractivity contribution < 1.29 is 9.84 Å². The van der Waals surface area contributed by atoms with Crippen molar-refractivity contribution >= 4 is 0 Å².